The van der Waals surface area contributed by atoms with E-state index in [-0.39, 0.29) is 17.7 Å². The average molecular weight is 471 g/mol. The second kappa shape index (κ2) is 9.60. The molecule has 0 saturated carbocycles. The van der Waals surface area contributed by atoms with Gasteiger partial charge < -0.3 is 15.1 Å². The molecule has 158 valence electrons. The van der Waals surface area contributed by atoms with Crippen LogP contribution in [0.3, 0.4) is 0 Å². The monoisotopic (exact) mass is 470 g/mol. The fourth-order valence-electron chi connectivity index (χ4n) is 4.19. The van der Waals surface area contributed by atoms with Crippen LogP contribution in [0.1, 0.15) is 42.5 Å². The topological polar surface area (TPSA) is 65.5 Å². The lowest BCUT2D eigenvalue weighted by Crippen LogP contribution is -2.39. The summed E-state index contributed by atoms with van der Waals surface area (Å²) in [5, 5.41) is 3.01. The molecule has 2 aliphatic heterocycles. The van der Waals surface area contributed by atoms with Crippen molar-refractivity contribution in [1.29, 1.82) is 0 Å². The maximum Gasteiger partial charge on any atom is 0.254 e. The van der Waals surface area contributed by atoms with Crippen LogP contribution in [-0.2, 0) is 4.79 Å². The second-order valence-electron chi connectivity index (χ2n) is 8.02. The van der Waals surface area contributed by atoms with E-state index in [1.165, 1.54) is 6.42 Å². The van der Waals surface area contributed by atoms with Crippen molar-refractivity contribution in [3.05, 3.63) is 52.6 Å². The van der Waals surface area contributed by atoms with Gasteiger partial charge in [-0.25, -0.2) is 4.98 Å². The molecule has 30 heavy (non-hydrogen) atoms. The van der Waals surface area contributed by atoms with Crippen molar-refractivity contribution >= 4 is 39.2 Å². The SMILES string of the molecule is O=C(Nc1cccc(Br)c1)C1CCN(c2cc(C(=O)N3CCCCC3)ccn2)CC1. The summed E-state index contributed by atoms with van der Waals surface area (Å²) in [7, 11) is 0. The number of nitrogens with one attached hydrogen (secondary N) is 1. The maximum atomic E-state index is 12.8. The minimum atomic E-state index is -0.0154. The molecular formula is C23H27BrN4O2. The molecule has 2 aromatic rings. The highest BCUT2D eigenvalue weighted by atomic mass is 79.9. The fraction of sp³-hybridized carbons (Fsp3) is 0.435. The lowest BCUT2D eigenvalue weighted by Gasteiger charge is -2.32. The molecule has 2 aliphatic rings. The molecule has 0 unspecified atom stereocenters. The fourth-order valence-corrected chi connectivity index (χ4v) is 4.58. The van der Waals surface area contributed by atoms with Crippen molar-refractivity contribution in [2.24, 2.45) is 5.92 Å². The van der Waals surface area contributed by atoms with Gasteiger partial charge in [0.2, 0.25) is 5.91 Å². The van der Waals surface area contributed by atoms with Gasteiger partial charge in [0, 0.05) is 54.0 Å². The third-order valence-electron chi connectivity index (χ3n) is 5.92. The Kier molecular flexibility index (Phi) is 6.67. The van der Waals surface area contributed by atoms with E-state index in [0.29, 0.717) is 5.56 Å². The van der Waals surface area contributed by atoms with Gasteiger partial charge in [-0.2, -0.15) is 0 Å². The van der Waals surface area contributed by atoms with Gasteiger partial charge in [0.05, 0.1) is 0 Å². The number of pyridine rings is 1. The Bertz CT molecular complexity index is 906. The number of aromatic nitrogens is 1. The number of hydrogen-bond donors (Lipinski definition) is 1. The predicted octanol–water partition coefficient (Wildman–Crippen LogP) is 4.33. The molecule has 0 radical (unpaired) electrons. The van der Waals surface area contributed by atoms with Crippen LogP contribution in [0.5, 0.6) is 0 Å². The van der Waals surface area contributed by atoms with E-state index >= 15 is 0 Å². The summed E-state index contributed by atoms with van der Waals surface area (Å²) in [6.07, 6.45) is 6.63. The van der Waals surface area contributed by atoms with Gasteiger partial charge in [-0.05, 0) is 62.4 Å². The molecule has 7 heteroatoms. The number of piperidine rings is 2. The smallest absolute Gasteiger partial charge is 0.254 e. The number of carbonyl (C=O) groups excluding carboxylic acids is 2. The van der Waals surface area contributed by atoms with Crippen molar-refractivity contribution in [2.75, 3.05) is 36.4 Å². The number of hydrogen-bond acceptors (Lipinski definition) is 4. The zero-order valence-electron chi connectivity index (χ0n) is 17.0. The Morgan fingerprint density at radius 3 is 2.50 bits per heavy atom. The van der Waals surface area contributed by atoms with Gasteiger partial charge in [-0.15, -0.1) is 0 Å². The normalized spacial score (nSPS) is 17.6. The largest absolute Gasteiger partial charge is 0.357 e. The van der Waals surface area contributed by atoms with Gasteiger partial charge >= 0.3 is 0 Å². The molecule has 0 atom stereocenters. The zero-order chi connectivity index (χ0) is 20.9. The van der Waals surface area contributed by atoms with Crippen LogP contribution < -0.4 is 10.2 Å². The van der Waals surface area contributed by atoms with Crippen molar-refractivity contribution in [2.45, 2.75) is 32.1 Å². The first-order valence-corrected chi connectivity index (χ1v) is 11.5. The van der Waals surface area contributed by atoms with E-state index in [0.717, 1.165) is 67.8 Å². The first kappa shape index (κ1) is 20.8. The molecule has 2 fully saturated rings. The van der Waals surface area contributed by atoms with E-state index < -0.39 is 0 Å². The molecule has 1 aromatic heterocycles. The van der Waals surface area contributed by atoms with Crippen molar-refractivity contribution in [3.8, 4) is 0 Å². The van der Waals surface area contributed by atoms with E-state index in [1.807, 2.05) is 35.2 Å². The number of benzene rings is 1. The number of anilines is 2. The summed E-state index contributed by atoms with van der Waals surface area (Å²) in [4.78, 5) is 34.0. The Balaban J connectivity index is 1.34. The highest BCUT2D eigenvalue weighted by Gasteiger charge is 2.26. The van der Waals surface area contributed by atoms with Crippen LogP contribution in [0.2, 0.25) is 0 Å². The minimum absolute atomic E-state index is 0.0154. The number of amides is 2. The molecule has 0 aliphatic carbocycles. The highest BCUT2D eigenvalue weighted by Crippen LogP contribution is 2.25. The summed E-state index contributed by atoms with van der Waals surface area (Å²) in [5.41, 5.74) is 1.51. The third-order valence-corrected chi connectivity index (χ3v) is 6.41. The molecule has 3 heterocycles. The molecule has 1 aromatic carbocycles. The van der Waals surface area contributed by atoms with Gasteiger partial charge in [0.25, 0.3) is 5.91 Å². The first-order chi connectivity index (χ1) is 14.6. The predicted molar refractivity (Wildman–Crippen MR) is 122 cm³/mol. The Hall–Kier alpha value is -2.41. The number of likely N-dealkylation sites (tertiary alicyclic amines) is 1. The molecule has 2 amide bonds. The average Bonchev–Trinajstić information content (AvgIpc) is 2.79. The van der Waals surface area contributed by atoms with Crippen LogP contribution in [0.4, 0.5) is 11.5 Å². The summed E-state index contributed by atoms with van der Waals surface area (Å²) in [6.45, 7) is 3.19. The molecule has 2 saturated heterocycles. The van der Waals surface area contributed by atoms with Crippen LogP contribution in [0, 0.1) is 5.92 Å². The van der Waals surface area contributed by atoms with Gasteiger partial charge in [0.1, 0.15) is 5.82 Å². The number of nitrogens with zero attached hydrogens (tertiary/aromatic N) is 3. The van der Waals surface area contributed by atoms with Crippen LogP contribution in [-0.4, -0.2) is 47.9 Å². The third kappa shape index (κ3) is 5.01. The van der Waals surface area contributed by atoms with Crippen molar-refractivity contribution in [1.82, 2.24) is 9.88 Å². The number of halogens is 1. The zero-order valence-corrected chi connectivity index (χ0v) is 18.6. The van der Waals surface area contributed by atoms with Crippen molar-refractivity contribution in [3.63, 3.8) is 0 Å². The summed E-state index contributed by atoms with van der Waals surface area (Å²) >= 11 is 3.43. The summed E-state index contributed by atoms with van der Waals surface area (Å²) < 4.78 is 0.945. The first-order valence-electron chi connectivity index (χ1n) is 10.7. The van der Waals surface area contributed by atoms with E-state index in [4.69, 9.17) is 0 Å². The van der Waals surface area contributed by atoms with Gasteiger partial charge in [-0.3, -0.25) is 9.59 Å². The Labute approximate surface area is 185 Å². The van der Waals surface area contributed by atoms with Gasteiger partial charge in [0.15, 0.2) is 0 Å². The maximum absolute atomic E-state index is 12.8. The molecule has 0 spiro atoms. The van der Waals surface area contributed by atoms with E-state index in [9.17, 15) is 9.59 Å². The molecule has 4 rings (SSSR count). The minimum Gasteiger partial charge on any atom is -0.357 e. The van der Waals surface area contributed by atoms with Gasteiger partial charge in [-0.1, -0.05) is 22.0 Å². The molecule has 6 nitrogen and oxygen atoms in total. The second-order valence-corrected chi connectivity index (χ2v) is 8.93. The Morgan fingerprint density at radius 1 is 1.00 bits per heavy atom. The van der Waals surface area contributed by atoms with Crippen LogP contribution in [0.25, 0.3) is 0 Å². The summed E-state index contributed by atoms with van der Waals surface area (Å²) in [6, 6.07) is 11.4. The van der Waals surface area contributed by atoms with Crippen LogP contribution >= 0.6 is 15.9 Å². The summed E-state index contributed by atoms with van der Waals surface area (Å²) in [5.74, 6) is 0.971. The quantitative estimate of drug-likeness (QED) is 0.721. The highest BCUT2D eigenvalue weighted by molar-refractivity contribution is 9.10. The van der Waals surface area contributed by atoms with E-state index in [2.05, 4.69) is 31.1 Å². The lowest BCUT2D eigenvalue weighted by molar-refractivity contribution is -0.120. The molecular weight excluding hydrogens is 444 g/mol. The van der Waals surface area contributed by atoms with E-state index in [1.54, 1.807) is 12.3 Å². The van der Waals surface area contributed by atoms with Crippen LogP contribution in [0.15, 0.2) is 47.1 Å². The molecule has 1 N–H and O–H groups in total. The molecule has 0 bridgehead atoms. The lowest BCUT2D eigenvalue weighted by atomic mass is 9.95. The van der Waals surface area contributed by atoms with Crippen molar-refractivity contribution < 1.29 is 9.59 Å². The Morgan fingerprint density at radius 2 is 1.77 bits per heavy atom. The standard InChI is InChI=1S/C23H27BrN4O2/c24-19-5-4-6-20(16-19)26-22(29)17-8-13-27(14-9-17)21-15-18(7-10-25-21)23(30)28-11-2-1-3-12-28/h4-7,10,15-17H,1-3,8-9,11-14H2,(H,26,29). The number of rotatable bonds is 4. The number of carbonyl (C=O) groups is 2.